The number of nitrogens with two attached hydrogens (primary N) is 1. The molecule has 1 atom stereocenters. The summed E-state index contributed by atoms with van der Waals surface area (Å²) >= 11 is 0. The molecule has 4 N–H and O–H groups in total. The molecule has 2 aromatic heterocycles. The third-order valence-corrected chi connectivity index (χ3v) is 3.22. The Morgan fingerprint density at radius 3 is 2.86 bits per heavy atom. The van der Waals surface area contributed by atoms with Crippen LogP contribution in [0.15, 0.2) is 12.7 Å². The molecule has 9 heteroatoms. The van der Waals surface area contributed by atoms with Crippen molar-refractivity contribution in [1.29, 1.82) is 0 Å². The molecule has 0 aromatic carbocycles. The summed E-state index contributed by atoms with van der Waals surface area (Å²) in [5.41, 5.74) is 4.69. The highest BCUT2D eigenvalue weighted by Gasteiger charge is 2.45. The quantitative estimate of drug-likeness (QED) is 0.369. The highest BCUT2D eigenvalue weighted by molar-refractivity contribution is 6.04. The SMILES string of the molecule is CCCCOC(=O)C(N)(Cc1ncnc2nc[nH]c12)C(=O)O. The third kappa shape index (κ3) is 3.03. The third-order valence-electron chi connectivity index (χ3n) is 3.22. The second kappa shape index (κ2) is 6.48. The normalized spacial score (nSPS) is 13.7. The number of hydrogen-bond donors (Lipinski definition) is 3. The van der Waals surface area contributed by atoms with Gasteiger partial charge in [0.15, 0.2) is 5.65 Å². The summed E-state index contributed by atoms with van der Waals surface area (Å²) in [5.74, 6) is -2.46. The van der Waals surface area contributed by atoms with Gasteiger partial charge in [0.25, 0.3) is 0 Å². The summed E-state index contributed by atoms with van der Waals surface area (Å²) in [6.07, 6.45) is 3.78. The number of H-pyrrole nitrogens is 1. The highest BCUT2D eigenvalue weighted by atomic mass is 16.5. The number of aromatic amines is 1. The average Bonchev–Trinajstić information content (AvgIpc) is 2.96. The van der Waals surface area contributed by atoms with E-state index in [-0.39, 0.29) is 13.0 Å². The lowest BCUT2D eigenvalue weighted by atomic mass is 9.94. The van der Waals surface area contributed by atoms with E-state index in [0.717, 1.165) is 6.42 Å². The molecule has 0 aliphatic heterocycles. The van der Waals surface area contributed by atoms with Crippen LogP contribution < -0.4 is 5.73 Å². The van der Waals surface area contributed by atoms with E-state index < -0.39 is 17.5 Å². The lowest BCUT2D eigenvalue weighted by Gasteiger charge is -2.22. The fraction of sp³-hybridized carbons (Fsp3) is 0.462. The number of imidazole rings is 1. The summed E-state index contributed by atoms with van der Waals surface area (Å²) in [4.78, 5) is 38.2. The monoisotopic (exact) mass is 307 g/mol. The molecule has 2 heterocycles. The number of unbranched alkanes of at least 4 members (excludes halogenated alkanes) is 1. The van der Waals surface area contributed by atoms with E-state index in [1.165, 1.54) is 12.7 Å². The number of ether oxygens (including phenoxy) is 1. The molecule has 0 radical (unpaired) electrons. The number of hydrogen-bond acceptors (Lipinski definition) is 7. The van der Waals surface area contributed by atoms with Crippen LogP contribution in [0.25, 0.3) is 11.2 Å². The maximum absolute atomic E-state index is 12.1. The average molecular weight is 307 g/mol. The van der Waals surface area contributed by atoms with Gasteiger partial charge in [-0.3, -0.25) is 0 Å². The van der Waals surface area contributed by atoms with Crippen molar-refractivity contribution in [3.63, 3.8) is 0 Å². The molecule has 0 saturated heterocycles. The fourth-order valence-electron chi connectivity index (χ4n) is 1.89. The predicted molar refractivity (Wildman–Crippen MR) is 75.8 cm³/mol. The minimum Gasteiger partial charge on any atom is -0.479 e. The number of aliphatic carboxylic acids is 1. The molecule has 0 spiro atoms. The number of nitrogens with zero attached hydrogens (tertiary/aromatic N) is 3. The lowest BCUT2D eigenvalue weighted by Crippen LogP contribution is -2.57. The molecule has 0 aliphatic rings. The van der Waals surface area contributed by atoms with Crippen LogP contribution in [0.1, 0.15) is 25.5 Å². The molecule has 0 bridgehead atoms. The molecule has 1 unspecified atom stereocenters. The molecule has 0 saturated carbocycles. The van der Waals surface area contributed by atoms with Crippen molar-refractivity contribution < 1.29 is 19.4 Å². The summed E-state index contributed by atoms with van der Waals surface area (Å²) in [5, 5.41) is 9.35. The van der Waals surface area contributed by atoms with Gasteiger partial charge >= 0.3 is 11.9 Å². The first-order valence-electron chi connectivity index (χ1n) is 6.81. The Bertz CT molecular complexity index is 686. The van der Waals surface area contributed by atoms with Crippen LogP contribution in [0.3, 0.4) is 0 Å². The van der Waals surface area contributed by atoms with Gasteiger partial charge in [-0.2, -0.15) is 0 Å². The zero-order valence-corrected chi connectivity index (χ0v) is 12.1. The molecule has 9 nitrogen and oxygen atoms in total. The molecule has 0 aliphatic carbocycles. The van der Waals surface area contributed by atoms with E-state index in [4.69, 9.17) is 10.5 Å². The smallest absolute Gasteiger partial charge is 0.338 e. The van der Waals surface area contributed by atoms with Gasteiger partial charge in [0.05, 0.1) is 18.6 Å². The minimum atomic E-state index is -2.21. The summed E-state index contributed by atoms with van der Waals surface area (Å²) in [7, 11) is 0. The minimum absolute atomic E-state index is 0.130. The molecule has 118 valence electrons. The number of nitrogens with one attached hydrogen (secondary N) is 1. The zero-order valence-electron chi connectivity index (χ0n) is 12.1. The Balaban J connectivity index is 2.26. The zero-order chi connectivity index (χ0) is 16.2. The van der Waals surface area contributed by atoms with E-state index >= 15 is 0 Å². The first-order valence-corrected chi connectivity index (χ1v) is 6.81. The van der Waals surface area contributed by atoms with Gasteiger partial charge in [-0.1, -0.05) is 13.3 Å². The van der Waals surface area contributed by atoms with Crippen molar-refractivity contribution in [3.05, 3.63) is 18.3 Å². The highest BCUT2D eigenvalue weighted by Crippen LogP contribution is 2.17. The van der Waals surface area contributed by atoms with Crippen molar-refractivity contribution in [1.82, 2.24) is 19.9 Å². The van der Waals surface area contributed by atoms with E-state index in [2.05, 4.69) is 19.9 Å². The van der Waals surface area contributed by atoms with Crippen LogP contribution in [0.2, 0.25) is 0 Å². The van der Waals surface area contributed by atoms with Gasteiger partial charge in [0.2, 0.25) is 5.54 Å². The van der Waals surface area contributed by atoms with Gasteiger partial charge in [-0.25, -0.2) is 24.5 Å². The van der Waals surface area contributed by atoms with E-state index in [1.54, 1.807) is 0 Å². The first kappa shape index (κ1) is 15.8. The summed E-state index contributed by atoms with van der Waals surface area (Å²) in [6, 6.07) is 0. The first-order chi connectivity index (χ1) is 10.5. The Labute approximate surface area is 125 Å². The van der Waals surface area contributed by atoms with Gasteiger partial charge in [-0.05, 0) is 6.42 Å². The molecule has 2 rings (SSSR count). The standard InChI is InChI=1S/C13H17N5O4/c1-2-3-4-22-12(21)13(14,11(19)20)5-8-9-10(17-6-15-8)18-7-16-9/h6-7H,2-5,14H2,1H3,(H,19,20)(H,15,16,17,18). The van der Waals surface area contributed by atoms with Crippen molar-refractivity contribution in [2.24, 2.45) is 5.73 Å². The van der Waals surface area contributed by atoms with Crippen LogP contribution in [-0.2, 0) is 20.7 Å². The number of rotatable bonds is 7. The van der Waals surface area contributed by atoms with Crippen LogP contribution in [0, 0.1) is 0 Å². The fourth-order valence-corrected chi connectivity index (χ4v) is 1.89. The number of esters is 1. The summed E-state index contributed by atoms with van der Waals surface area (Å²) in [6.45, 7) is 2.06. The number of aromatic nitrogens is 4. The van der Waals surface area contributed by atoms with Crippen molar-refractivity contribution in [3.8, 4) is 0 Å². The van der Waals surface area contributed by atoms with Crippen LogP contribution in [-0.4, -0.2) is 49.1 Å². The van der Waals surface area contributed by atoms with Crippen LogP contribution >= 0.6 is 0 Å². The number of carboxylic acid groups (broad SMARTS) is 1. The second-order valence-corrected chi connectivity index (χ2v) is 4.86. The van der Waals surface area contributed by atoms with E-state index in [1.807, 2.05) is 6.92 Å². The number of carbonyl (C=O) groups is 2. The van der Waals surface area contributed by atoms with Crippen LogP contribution in [0.5, 0.6) is 0 Å². The van der Waals surface area contributed by atoms with Crippen molar-refractivity contribution >= 4 is 23.1 Å². The lowest BCUT2D eigenvalue weighted by molar-refractivity contribution is -0.161. The van der Waals surface area contributed by atoms with Gasteiger partial charge < -0.3 is 20.6 Å². The van der Waals surface area contributed by atoms with Gasteiger partial charge in [0.1, 0.15) is 11.8 Å². The molecular weight excluding hydrogens is 290 g/mol. The van der Waals surface area contributed by atoms with Crippen LogP contribution in [0.4, 0.5) is 0 Å². The van der Waals surface area contributed by atoms with Crippen molar-refractivity contribution in [2.45, 2.75) is 31.7 Å². The van der Waals surface area contributed by atoms with Gasteiger partial charge in [0, 0.05) is 6.42 Å². The number of carbonyl (C=O) groups excluding carboxylic acids is 1. The van der Waals surface area contributed by atoms with Gasteiger partial charge in [-0.15, -0.1) is 0 Å². The largest absolute Gasteiger partial charge is 0.479 e. The number of fused-ring (bicyclic) bond motifs is 1. The summed E-state index contributed by atoms with van der Waals surface area (Å²) < 4.78 is 4.96. The Morgan fingerprint density at radius 1 is 1.41 bits per heavy atom. The predicted octanol–water partition coefficient (Wildman–Crippen LogP) is 0.0208. The second-order valence-electron chi connectivity index (χ2n) is 4.86. The molecule has 0 amide bonds. The molecule has 22 heavy (non-hydrogen) atoms. The molecule has 2 aromatic rings. The molecule has 0 fully saturated rings. The Hall–Kier alpha value is -2.55. The van der Waals surface area contributed by atoms with E-state index in [0.29, 0.717) is 23.3 Å². The molecular formula is C13H17N5O4. The maximum Gasteiger partial charge on any atom is 0.338 e. The Morgan fingerprint density at radius 2 is 2.18 bits per heavy atom. The Kier molecular flexibility index (Phi) is 4.66. The topological polar surface area (TPSA) is 144 Å². The van der Waals surface area contributed by atoms with Crippen molar-refractivity contribution in [2.75, 3.05) is 6.61 Å². The van der Waals surface area contributed by atoms with E-state index in [9.17, 15) is 14.7 Å². The maximum atomic E-state index is 12.1. The number of carboxylic acids is 1.